The third-order valence-electron chi connectivity index (χ3n) is 4.17. The number of amides is 2. The Kier molecular flexibility index (Phi) is 4.58. The van der Waals surface area contributed by atoms with Crippen LogP contribution in [0.5, 0.6) is 0 Å². The number of hydrogen-bond acceptors (Lipinski definition) is 4. The van der Waals surface area contributed by atoms with Crippen molar-refractivity contribution >= 4 is 11.8 Å². The fourth-order valence-corrected chi connectivity index (χ4v) is 2.69. The average molecular weight is 320 g/mol. The molecule has 1 aromatic carbocycles. The Bertz CT molecular complexity index is 588. The molecule has 23 heavy (non-hydrogen) atoms. The number of likely N-dealkylation sites (N-methyl/N-ethyl adjacent to an activating group) is 1. The van der Waals surface area contributed by atoms with Gasteiger partial charge in [0.1, 0.15) is 11.9 Å². The lowest BCUT2D eigenvalue weighted by molar-refractivity contribution is -0.136. The van der Waals surface area contributed by atoms with Crippen molar-refractivity contribution < 1.29 is 14.0 Å². The first-order chi connectivity index (χ1) is 11.0. The first-order valence-corrected chi connectivity index (χ1v) is 7.84. The predicted molar refractivity (Wildman–Crippen MR) is 82.6 cm³/mol. The van der Waals surface area contributed by atoms with Crippen molar-refractivity contribution in [1.82, 2.24) is 21.1 Å². The molecule has 1 aliphatic heterocycles. The summed E-state index contributed by atoms with van der Waals surface area (Å²) in [6.45, 7) is 0.0642. The van der Waals surface area contributed by atoms with Crippen LogP contribution in [0.25, 0.3) is 0 Å². The largest absolute Gasteiger partial charge is 0.352 e. The molecule has 2 unspecified atom stereocenters. The highest BCUT2D eigenvalue weighted by Crippen LogP contribution is 2.23. The molecule has 0 aromatic heterocycles. The zero-order valence-electron chi connectivity index (χ0n) is 13.0. The molecule has 2 amide bonds. The van der Waals surface area contributed by atoms with Gasteiger partial charge < -0.3 is 10.2 Å². The van der Waals surface area contributed by atoms with Gasteiger partial charge in [0, 0.05) is 19.1 Å². The highest BCUT2D eigenvalue weighted by Gasteiger charge is 2.33. The van der Waals surface area contributed by atoms with Gasteiger partial charge in [0.15, 0.2) is 0 Å². The highest BCUT2D eigenvalue weighted by atomic mass is 19.1. The number of nitrogens with one attached hydrogen (secondary N) is 3. The summed E-state index contributed by atoms with van der Waals surface area (Å²) >= 11 is 0. The van der Waals surface area contributed by atoms with E-state index < -0.39 is 6.04 Å². The van der Waals surface area contributed by atoms with Gasteiger partial charge in [-0.05, 0) is 37.0 Å². The second-order valence-corrected chi connectivity index (χ2v) is 6.22. The summed E-state index contributed by atoms with van der Waals surface area (Å²) in [7, 11) is 1.63. The van der Waals surface area contributed by atoms with Gasteiger partial charge in [0.25, 0.3) is 0 Å². The third-order valence-corrected chi connectivity index (χ3v) is 4.17. The Balaban J connectivity index is 1.51. The normalized spacial score (nSPS) is 23.6. The van der Waals surface area contributed by atoms with E-state index in [0.29, 0.717) is 12.5 Å². The van der Waals surface area contributed by atoms with Gasteiger partial charge in [-0.3, -0.25) is 9.59 Å². The molecule has 3 rings (SSSR count). The van der Waals surface area contributed by atoms with E-state index in [1.54, 1.807) is 19.2 Å². The van der Waals surface area contributed by atoms with Gasteiger partial charge in [-0.15, -0.1) is 0 Å². The van der Waals surface area contributed by atoms with E-state index in [4.69, 9.17) is 0 Å². The maximum atomic E-state index is 13.0. The quantitative estimate of drug-likeness (QED) is 0.737. The van der Waals surface area contributed by atoms with E-state index in [1.165, 1.54) is 17.0 Å². The number of halogens is 1. The molecule has 7 heteroatoms. The minimum absolute atomic E-state index is 0.0572. The summed E-state index contributed by atoms with van der Waals surface area (Å²) in [5.41, 5.74) is 6.93. The summed E-state index contributed by atoms with van der Waals surface area (Å²) in [5.74, 6) is -0.536. The van der Waals surface area contributed by atoms with Crippen LogP contribution in [0.2, 0.25) is 0 Å². The number of benzene rings is 1. The van der Waals surface area contributed by atoms with E-state index in [0.717, 1.165) is 18.4 Å². The van der Waals surface area contributed by atoms with Gasteiger partial charge >= 0.3 is 0 Å². The second kappa shape index (κ2) is 6.64. The number of carbonyl (C=O) groups excluding carboxylic acids is 2. The molecule has 1 saturated carbocycles. The lowest BCUT2D eigenvalue weighted by Crippen LogP contribution is -2.47. The molecule has 1 heterocycles. The SMILES string of the molecule is CN(CC(=O)NC1CC1)C(=O)C1CC(c2ccc(F)cc2)NN1. The van der Waals surface area contributed by atoms with Crippen LogP contribution in [0, 0.1) is 5.82 Å². The molecular formula is C16H21FN4O2. The standard InChI is InChI=1S/C16H21FN4O2/c1-21(9-15(22)18-12-6-7-12)16(23)14-8-13(19-20-14)10-2-4-11(17)5-3-10/h2-5,12-14,19-20H,6-9H2,1H3,(H,18,22). The minimum atomic E-state index is -0.399. The van der Waals surface area contributed by atoms with Crippen LogP contribution in [-0.4, -0.2) is 42.4 Å². The summed E-state index contributed by atoms with van der Waals surface area (Å²) < 4.78 is 13.0. The molecule has 1 aromatic rings. The van der Waals surface area contributed by atoms with E-state index in [1.807, 2.05) is 0 Å². The number of carbonyl (C=O) groups is 2. The Morgan fingerprint density at radius 3 is 2.61 bits per heavy atom. The summed E-state index contributed by atoms with van der Waals surface area (Å²) in [5, 5.41) is 2.87. The summed E-state index contributed by atoms with van der Waals surface area (Å²) in [6, 6.07) is 6.05. The number of hydrogen-bond donors (Lipinski definition) is 3. The highest BCUT2D eigenvalue weighted by molar-refractivity contribution is 5.87. The maximum absolute atomic E-state index is 13.0. The lowest BCUT2D eigenvalue weighted by atomic mass is 10.0. The predicted octanol–water partition coefficient (Wildman–Crippen LogP) is 0.470. The Labute approximate surface area is 134 Å². The van der Waals surface area contributed by atoms with Crippen molar-refractivity contribution in [3.63, 3.8) is 0 Å². The average Bonchev–Trinajstić information content (AvgIpc) is 3.19. The van der Waals surface area contributed by atoms with Crippen LogP contribution in [0.4, 0.5) is 4.39 Å². The van der Waals surface area contributed by atoms with Crippen molar-refractivity contribution in [2.45, 2.75) is 37.4 Å². The molecule has 2 fully saturated rings. The summed E-state index contributed by atoms with van der Waals surface area (Å²) in [6.07, 6.45) is 2.60. The number of hydrazine groups is 1. The van der Waals surface area contributed by atoms with Crippen LogP contribution < -0.4 is 16.2 Å². The molecular weight excluding hydrogens is 299 g/mol. The smallest absolute Gasteiger partial charge is 0.241 e. The van der Waals surface area contributed by atoms with Crippen molar-refractivity contribution in [1.29, 1.82) is 0 Å². The zero-order chi connectivity index (χ0) is 16.4. The molecule has 2 aliphatic rings. The van der Waals surface area contributed by atoms with Gasteiger partial charge in [0.05, 0.1) is 6.54 Å². The third kappa shape index (κ3) is 4.05. The van der Waals surface area contributed by atoms with Crippen LogP contribution in [0.1, 0.15) is 30.9 Å². The van der Waals surface area contributed by atoms with E-state index in [2.05, 4.69) is 16.2 Å². The second-order valence-electron chi connectivity index (χ2n) is 6.22. The first-order valence-electron chi connectivity index (χ1n) is 7.84. The van der Waals surface area contributed by atoms with Crippen molar-refractivity contribution in [2.75, 3.05) is 13.6 Å². The van der Waals surface area contributed by atoms with E-state index in [9.17, 15) is 14.0 Å². The molecule has 1 saturated heterocycles. The van der Waals surface area contributed by atoms with Crippen LogP contribution in [0.15, 0.2) is 24.3 Å². The fraction of sp³-hybridized carbons (Fsp3) is 0.500. The van der Waals surface area contributed by atoms with Gasteiger partial charge in [-0.25, -0.2) is 15.2 Å². The topological polar surface area (TPSA) is 73.5 Å². The lowest BCUT2D eigenvalue weighted by Gasteiger charge is -2.20. The molecule has 0 spiro atoms. The van der Waals surface area contributed by atoms with E-state index >= 15 is 0 Å². The van der Waals surface area contributed by atoms with Gasteiger partial charge in [0.2, 0.25) is 11.8 Å². The molecule has 0 radical (unpaired) electrons. The first kappa shape index (κ1) is 15.9. The Morgan fingerprint density at radius 1 is 1.26 bits per heavy atom. The monoisotopic (exact) mass is 320 g/mol. The van der Waals surface area contributed by atoms with Crippen molar-refractivity contribution in [3.8, 4) is 0 Å². The molecule has 6 nitrogen and oxygen atoms in total. The van der Waals surface area contributed by atoms with Gasteiger partial charge in [-0.2, -0.15) is 0 Å². The molecule has 2 atom stereocenters. The Morgan fingerprint density at radius 2 is 1.96 bits per heavy atom. The van der Waals surface area contributed by atoms with Crippen LogP contribution in [-0.2, 0) is 9.59 Å². The molecule has 1 aliphatic carbocycles. The zero-order valence-corrected chi connectivity index (χ0v) is 13.0. The van der Waals surface area contributed by atoms with Crippen LogP contribution in [0.3, 0.4) is 0 Å². The van der Waals surface area contributed by atoms with Crippen molar-refractivity contribution in [2.24, 2.45) is 0 Å². The Hall–Kier alpha value is -1.99. The van der Waals surface area contributed by atoms with Crippen LogP contribution >= 0.6 is 0 Å². The summed E-state index contributed by atoms with van der Waals surface area (Å²) in [4.78, 5) is 25.6. The van der Waals surface area contributed by atoms with Gasteiger partial charge in [-0.1, -0.05) is 12.1 Å². The molecule has 0 bridgehead atoms. The molecule has 3 N–H and O–H groups in total. The maximum Gasteiger partial charge on any atom is 0.241 e. The molecule has 124 valence electrons. The number of rotatable bonds is 5. The number of nitrogens with zero attached hydrogens (tertiary/aromatic N) is 1. The van der Waals surface area contributed by atoms with E-state index in [-0.39, 0.29) is 30.2 Å². The van der Waals surface area contributed by atoms with Crippen molar-refractivity contribution in [3.05, 3.63) is 35.6 Å². The fourth-order valence-electron chi connectivity index (χ4n) is 2.69. The minimum Gasteiger partial charge on any atom is -0.352 e.